The van der Waals surface area contributed by atoms with Crippen LogP contribution in [0.5, 0.6) is 11.5 Å². The van der Waals surface area contributed by atoms with E-state index in [1.807, 2.05) is 81.1 Å². The number of rotatable bonds is 13. The van der Waals surface area contributed by atoms with E-state index in [0.29, 0.717) is 18.9 Å². The van der Waals surface area contributed by atoms with Crippen LogP contribution in [0.25, 0.3) is 22.1 Å². The van der Waals surface area contributed by atoms with Gasteiger partial charge in [-0.15, -0.1) is 0 Å². The fourth-order valence-electron chi connectivity index (χ4n) is 10.7. The molecular formula is C52H61N9O7. The molecule has 0 bridgehead atoms. The Morgan fingerprint density at radius 1 is 0.691 bits per heavy atom. The Kier molecular flexibility index (Phi) is 13.0. The minimum absolute atomic E-state index is 0.00135. The molecule has 0 unspecified atom stereocenters. The number of likely N-dealkylation sites (N-methyl/N-ethyl adjacent to an activating group) is 1. The van der Waals surface area contributed by atoms with Gasteiger partial charge in [0.25, 0.3) is 0 Å². The number of hydrogen-bond acceptors (Lipinski definition) is 9. The first-order chi connectivity index (χ1) is 32.8. The van der Waals surface area contributed by atoms with Gasteiger partial charge in [-0.1, -0.05) is 58.0 Å². The van der Waals surface area contributed by atoms with Crippen molar-refractivity contribution in [3.05, 3.63) is 114 Å². The number of ether oxygens (including phenoxy) is 2. The Morgan fingerprint density at radius 2 is 1.22 bits per heavy atom. The van der Waals surface area contributed by atoms with Gasteiger partial charge in [0, 0.05) is 25.8 Å². The topological polar surface area (TPSA) is 189 Å². The number of likely N-dealkylation sites (tertiary alicyclic amines) is 2. The van der Waals surface area contributed by atoms with Crippen molar-refractivity contribution < 1.29 is 33.8 Å². The highest BCUT2D eigenvalue weighted by Gasteiger charge is 2.41. The van der Waals surface area contributed by atoms with Crippen LogP contribution in [0.15, 0.2) is 91.0 Å². The highest BCUT2D eigenvalue weighted by Crippen LogP contribution is 2.48. The molecule has 2 aromatic heterocycles. The highest BCUT2D eigenvalue weighted by molar-refractivity contribution is 5.87. The van der Waals surface area contributed by atoms with Crippen molar-refractivity contribution in [2.75, 3.05) is 32.1 Å². The van der Waals surface area contributed by atoms with Gasteiger partial charge < -0.3 is 44.6 Å². The number of carbonyl (C=O) groups excluding carboxylic acids is 3. The van der Waals surface area contributed by atoms with Crippen molar-refractivity contribution in [1.82, 2.24) is 40.0 Å². The number of H-pyrrole nitrogens is 2. The SMILES string of the molecule is COC(=O)N[C@H](C(=O)N1CCC[C@H]1c1nc2ccc([C@H]3CC[C@H](c4ccc5nc([C@@H]6CCCN6C(=O)[C@H](C(C)C)N(C)C(=O)O)[nH]c5c4)N3c3ccc(Oc4ccccc4)cc3)cc2[nH]1)C(C)C. The van der Waals surface area contributed by atoms with Gasteiger partial charge in [0.1, 0.15) is 35.2 Å². The molecule has 4 N–H and O–H groups in total. The summed E-state index contributed by atoms with van der Waals surface area (Å²) in [6.07, 6.45) is 3.10. The fraction of sp³-hybridized carbons (Fsp3) is 0.423. The van der Waals surface area contributed by atoms with Gasteiger partial charge in [0.2, 0.25) is 11.8 Å². The molecule has 0 spiro atoms. The van der Waals surface area contributed by atoms with Gasteiger partial charge >= 0.3 is 12.2 Å². The molecule has 16 nitrogen and oxygen atoms in total. The first-order valence-electron chi connectivity index (χ1n) is 23.8. The summed E-state index contributed by atoms with van der Waals surface area (Å²) >= 11 is 0. The summed E-state index contributed by atoms with van der Waals surface area (Å²) < 4.78 is 11.0. The number of aromatic nitrogens is 4. The number of nitrogens with one attached hydrogen (secondary N) is 3. The molecule has 5 heterocycles. The second kappa shape index (κ2) is 19.2. The number of benzene rings is 4. The van der Waals surface area contributed by atoms with E-state index in [2.05, 4.69) is 62.6 Å². The van der Waals surface area contributed by atoms with Crippen LogP contribution in [0.1, 0.15) is 113 Å². The summed E-state index contributed by atoms with van der Waals surface area (Å²) in [5.41, 5.74) is 6.68. The van der Waals surface area contributed by atoms with Gasteiger partial charge in [-0.05, 0) is 122 Å². The minimum Gasteiger partial charge on any atom is -0.465 e. The Hall–Kier alpha value is -7.10. The van der Waals surface area contributed by atoms with Crippen molar-refractivity contribution in [3.63, 3.8) is 0 Å². The Morgan fingerprint density at radius 3 is 1.72 bits per heavy atom. The number of alkyl carbamates (subject to hydrolysis) is 1. The van der Waals surface area contributed by atoms with Crippen molar-refractivity contribution in [2.45, 2.75) is 102 Å². The first-order valence-corrected chi connectivity index (χ1v) is 23.8. The Bertz CT molecular complexity index is 2790. The van der Waals surface area contributed by atoms with E-state index in [-0.39, 0.29) is 47.8 Å². The predicted molar refractivity (Wildman–Crippen MR) is 258 cm³/mol. The van der Waals surface area contributed by atoms with Gasteiger partial charge in [0.05, 0.1) is 53.3 Å². The normalized spacial score (nSPS) is 20.4. The quantitative estimate of drug-likeness (QED) is 0.0868. The molecular weight excluding hydrogens is 863 g/mol. The van der Waals surface area contributed by atoms with Crippen molar-refractivity contribution in [1.29, 1.82) is 0 Å². The van der Waals surface area contributed by atoms with Crippen LogP contribution in [0.2, 0.25) is 0 Å². The number of hydrogen-bond donors (Lipinski definition) is 4. The molecule has 16 heteroatoms. The van der Waals surface area contributed by atoms with E-state index < -0.39 is 24.3 Å². The summed E-state index contributed by atoms with van der Waals surface area (Å²) in [7, 11) is 2.75. The third kappa shape index (κ3) is 9.03. The van der Waals surface area contributed by atoms with Crippen LogP contribution in [-0.2, 0) is 14.3 Å². The van der Waals surface area contributed by atoms with Crippen molar-refractivity contribution in [2.24, 2.45) is 11.8 Å². The number of methoxy groups -OCH3 is 1. The molecule has 356 valence electrons. The lowest BCUT2D eigenvalue weighted by atomic mass is 10.0. The summed E-state index contributed by atoms with van der Waals surface area (Å²) in [5.74, 6) is 2.24. The molecule has 3 aliphatic rings. The van der Waals surface area contributed by atoms with E-state index in [1.165, 1.54) is 14.2 Å². The standard InChI is InChI=1S/C52H61N9O7/c1-30(2)45(57-51(64)67-6)49(62)59-26-10-14-43(59)47-53-37-22-16-32(28-39(37)55-47)41-24-25-42(61(41)34-18-20-36(21-19-34)68-35-12-8-7-9-13-35)33-17-23-38-40(29-33)56-48(54-38)44-15-11-27-60(44)50(63)46(31(3)4)58(5)52(65)66/h7-9,12-13,16-23,28-31,41-46H,10-11,14-15,24-27H2,1-6H3,(H,53,55)(H,54,56)(H,57,64)(H,65,66)/t41-,42-,43+,44+,45+,46+/m1/s1. The zero-order chi connectivity index (χ0) is 47.8. The summed E-state index contributed by atoms with van der Waals surface area (Å²) in [5, 5.41) is 12.5. The summed E-state index contributed by atoms with van der Waals surface area (Å²) in [4.78, 5) is 76.5. The molecule has 6 aromatic rings. The number of amides is 4. The zero-order valence-electron chi connectivity index (χ0n) is 39.5. The van der Waals surface area contributed by atoms with Crippen LogP contribution < -0.4 is 15.0 Å². The number of fused-ring (bicyclic) bond motifs is 2. The predicted octanol–water partition coefficient (Wildman–Crippen LogP) is 9.66. The van der Waals surface area contributed by atoms with Crippen molar-refractivity contribution >= 4 is 51.8 Å². The number of carboxylic acid groups (broad SMARTS) is 1. The molecule has 9 rings (SSSR count). The maximum absolute atomic E-state index is 14.0. The van der Waals surface area contributed by atoms with Crippen LogP contribution in [0.4, 0.5) is 15.3 Å². The molecule has 0 saturated carbocycles. The molecule has 3 aliphatic heterocycles. The molecule has 3 fully saturated rings. The van der Waals surface area contributed by atoms with Gasteiger partial charge in [-0.2, -0.15) is 0 Å². The highest BCUT2D eigenvalue weighted by atomic mass is 16.5. The number of imidazole rings is 2. The third-order valence-corrected chi connectivity index (χ3v) is 14.0. The average Bonchev–Trinajstić information content (AvgIpc) is 4.19. The summed E-state index contributed by atoms with van der Waals surface area (Å²) in [6.45, 7) is 8.67. The second-order valence-electron chi connectivity index (χ2n) is 19.0. The third-order valence-electron chi connectivity index (χ3n) is 14.0. The number of aromatic amines is 2. The lowest BCUT2D eigenvalue weighted by molar-refractivity contribution is -0.138. The lowest BCUT2D eigenvalue weighted by Crippen LogP contribution is -2.51. The molecule has 4 amide bonds. The maximum Gasteiger partial charge on any atom is 0.407 e. The number of anilines is 1. The number of nitrogens with zero attached hydrogens (tertiary/aromatic N) is 6. The second-order valence-corrected chi connectivity index (χ2v) is 19.0. The molecule has 6 atom stereocenters. The fourth-order valence-corrected chi connectivity index (χ4v) is 10.7. The zero-order valence-corrected chi connectivity index (χ0v) is 39.5. The van der Waals surface area contributed by atoms with Crippen LogP contribution in [0, 0.1) is 11.8 Å². The molecule has 68 heavy (non-hydrogen) atoms. The van der Waals surface area contributed by atoms with Crippen LogP contribution >= 0.6 is 0 Å². The monoisotopic (exact) mass is 923 g/mol. The molecule has 3 saturated heterocycles. The minimum atomic E-state index is -1.13. The molecule has 0 radical (unpaired) electrons. The van der Waals surface area contributed by atoms with Crippen LogP contribution in [-0.4, -0.2) is 103 Å². The van der Waals surface area contributed by atoms with Crippen LogP contribution in [0.3, 0.4) is 0 Å². The largest absolute Gasteiger partial charge is 0.465 e. The molecule has 4 aromatic carbocycles. The van der Waals surface area contributed by atoms with E-state index in [4.69, 9.17) is 19.4 Å². The maximum atomic E-state index is 14.0. The van der Waals surface area contributed by atoms with E-state index in [1.54, 1.807) is 4.90 Å². The smallest absolute Gasteiger partial charge is 0.407 e. The first kappa shape index (κ1) is 46.0. The van der Waals surface area contributed by atoms with E-state index >= 15 is 0 Å². The lowest BCUT2D eigenvalue weighted by Gasteiger charge is -2.33. The number of para-hydroxylation sites is 1. The molecule has 0 aliphatic carbocycles. The summed E-state index contributed by atoms with van der Waals surface area (Å²) in [6, 6.07) is 28.7. The average molecular weight is 924 g/mol. The Balaban J connectivity index is 1.02. The van der Waals surface area contributed by atoms with Gasteiger partial charge in [-0.25, -0.2) is 19.6 Å². The van der Waals surface area contributed by atoms with Gasteiger partial charge in [-0.3, -0.25) is 14.5 Å². The van der Waals surface area contributed by atoms with E-state index in [0.717, 1.165) is 99.6 Å². The van der Waals surface area contributed by atoms with Gasteiger partial charge in [0.15, 0.2) is 0 Å². The van der Waals surface area contributed by atoms with Crippen molar-refractivity contribution in [3.8, 4) is 11.5 Å². The van der Waals surface area contributed by atoms with E-state index in [9.17, 15) is 24.3 Å². The number of carbonyl (C=O) groups is 4. The Labute approximate surface area is 396 Å².